The van der Waals surface area contributed by atoms with Crippen LogP contribution in [0.1, 0.15) is 27.0 Å². The van der Waals surface area contributed by atoms with E-state index in [0.29, 0.717) is 17.8 Å². The number of ether oxygens (including phenoxy) is 1. The molecule has 4 heteroatoms. The fourth-order valence-electron chi connectivity index (χ4n) is 2.13. The fraction of sp³-hybridized carbons (Fsp3) is 0.235. The number of carbonyl (C=O) groups is 1. The van der Waals surface area contributed by atoms with E-state index in [2.05, 4.69) is 5.32 Å². The van der Waals surface area contributed by atoms with Crippen LogP contribution in [0, 0.1) is 13.8 Å². The molecule has 0 spiro atoms. The highest BCUT2D eigenvalue weighted by atomic mass is 16.5. The van der Waals surface area contributed by atoms with E-state index in [4.69, 9.17) is 10.5 Å². The summed E-state index contributed by atoms with van der Waals surface area (Å²) in [4.78, 5) is 12.2. The Morgan fingerprint density at radius 2 is 1.81 bits per heavy atom. The fourth-order valence-corrected chi connectivity index (χ4v) is 2.13. The van der Waals surface area contributed by atoms with Gasteiger partial charge in [-0.05, 0) is 48.7 Å². The van der Waals surface area contributed by atoms with Gasteiger partial charge in [-0.2, -0.15) is 0 Å². The number of nitrogen functional groups attached to an aromatic ring is 1. The molecule has 0 aliphatic rings. The first-order valence-electron chi connectivity index (χ1n) is 6.79. The predicted molar refractivity (Wildman–Crippen MR) is 84.5 cm³/mol. The van der Waals surface area contributed by atoms with Crippen LogP contribution in [-0.4, -0.2) is 13.0 Å². The summed E-state index contributed by atoms with van der Waals surface area (Å²) in [6.45, 7) is 4.31. The van der Waals surface area contributed by atoms with Gasteiger partial charge in [0.25, 0.3) is 5.91 Å². The molecular weight excluding hydrogens is 264 g/mol. The Bertz CT molecular complexity index is 649. The third-order valence-electron chi connectivity index (χ3n) is 3.47. The molecule has 0 radical (unpaired) electrons. The number of benzene rings is 2. The molecule has 0 aromatic heterocycles. The van der Waals surface area contributed by atoms with Crippen LogP contribution in [0.4, 0.5) is 5.69 Å². The van der Waals surface area contributed by atoms with Crippen LogP contribution in [0.15, 0.2) is 36.4 Å². The summed E-state index contributed by atoms with van der Waals surface area (Å²) >= 11 is 0. The van der Waals surface area contributed by atoms with Crippen molar-refractivity contribution in [1.29, 1.82) is 0 Å². The van der Waals surface area contributed by atoms with Crippen LogP contribution < -0.4 is 15.8 Å². The molecule has 0 heterocycles. The van der Waals surface area contributed by atoms with Gasteiger partial charge < -0.3 is 15.8 Å². The molecule has 3 N–H and O–H groups in total. The molecule has 21 heavy (non-hydrogen) atoms. The van der Waals surface area contributed by atoms with Crippen LogP contribution in [0.2, 0.25) is 0 Å². The zero-order valence-electron chi connectivity index (χ0n) is 12.6. The second-order valence-corrected chi connectivity index (χ2v) is 5.05. The predicted octanol–water partition coefficient (Wildman–Crippen LogP) is 2.82. The molecule has 0 atom stereocenters. The SMILES string of the molecule is COc1ccc(CNC(=O)c2cc(N)c(C)cc2C)cc1. The second-order valence-electron chi connectivity index (χ2n) is 5.05. The van der Waals surface area contributed by atoms with Gasteiger partial charge >= 0.3 is 0 Å². The number of rotatable bonds is 4. The van der Waals surface area contributed by atoms with E-state index >= 15 is 0 Å². The first kappa shape index (κ1) is 14.9. The van der Waals surface area contributed by atoms with Gasteiger partial charge in [-0.15, -0.1) is 0 Å². The summed E-state index contributed by atoms with van der Waals surface area (Å²) in [7, 11) is 1.63. The Labute approximate surface area is 124 Å². The van der Waals surface area contributed by atoms with Crippen molar-refractivity contribution in [2.24, 2.45) is 0 Å². The molecule has 0 fully saturated rings. The van der Waals surface area contributed by atoms with Crippen molar-refractivity contribution in [2.45, 2.75) is 20.4 Å². The third kappa shape index (κ3) is 3.54. The third-order valence-corrected chi connectivity index (χ3v) is 3.47. The average molecular weight is 284 g/mol. The van der Waals surface area contributed by atoms with Crippen LogP contribution >= 0.6 is 0 Å². The van der Waals surface area contributed by atoms with E-state index in [0.717, 1.165) is 22.4 Å². The molecule has 110 valence electrons. The Balaban J connectivity index is 2.06. The molecular formula is C17H20N2O2. The summed E-state index contributed by atoms with van der Waals surface area (Å²) in [5, 5.41) is 2.90. The summed E-state index contributed by atoms with van der Waals surface area (Å²) in [6, 6.07) is 11.3. The Morgan fingerprint density at radius 3 is 2.43 bits per heavy atom. The number of hydrogen-bond acceptors (Lipinski definition) is 3. The van der Waals surface area contributed by atoms with E-state index in [9.17, 15) is 4.79 Å². The number of aryl methyl sites for hydroxylation is 2. The lowest BCUT2D eigenvalue weighted by molar-refractivity contribution is 0.0950. The molecule has 1 amide bonds. The number of methoxy groups -OCH3 is 1. The lowest BCUT2D eigenvalue weighted by Gasteiger charge is -2.10. The number of carbonyl (C=O) groups excluding carboxylic acids is 1. The highest BCUT2D eigenvalue weighted by Gasteiger charge is 2.10. The van der Waals surface area contributed by atoms with Crippen LogP contribution in [0.25, 0.3) is 0 Å². The molecule has 2 aromatic carbocycles. The quantitative estimate of drug-likeness (QED) is 0.849. The zero-order valence-corrected chi connectivity index (χ0v) is 12.6. The van der Waals surface area contributed by atoms with Crippen molar-refractivity contribution in [3.63, 3.8) is 0 Å². The Kier molecular flexibility index (Phi) is 4.48. The topological polar surface area (TPSA) is 64.3 Å². The van der Waals surface area contributed by atoms with Crippen molar-refractivity contribution in [3.05, 3.63) is 58.7 Å². The van der Waals surface area contributed by atoms with E-state index in [1.54, 1.807) is 13.2 Å². The van der Waals surface area contributed by atoms with Gasteiger partial charge in [0, 0.05) is 17.8 Å². The maximum Gasteiger partial charge on any atom is 0.251 e. The first-order chi connectivity index (χ1) is 10.0. The highest BCUT2D eigenvalue weighted by molar-refractivity contribution is 5.96. The molecule has 0 aliphatic carbocycles. The number of amides is 1. The number of hydrogen-bond donors (Lipinski definition) is 2. The summed E-state index contributed by atoms with van der Waals surface area (Å²) in [6.07, 6.45) is 0. The monoisotopic (exact) mass is 284 g/mol. The van der Waals surface area contributed by atoms with Crippen LogP contribution in [0.3, 0.4) is 0 Å². The molecule has 0 bridgehead atoms. The maximum absolute atomic E-state index is 12.2. The van der Waals surface area contributed by atoms with E-state index in [1.165, 1.54) is 0 Å². The lowest BCUT2D eigenvalue weighted by atomic mass is 10.0. The second kappa shape index (κ2) is 6.31. The standard InChI is InChI=1S/C17H20N2O2/c1-11-8-12(2)16(18)9-15(11)17(20)19-10-13-4-6-14(21-3)7-5-13/h4-9H,10,18H2,1-3H3,(H,19,20). The molecule has 2 rings (SSSR count). The molecule has 4 nitrogen and oxygen atoms in total. The van der Waals surface area contributed by atoms with Gasteiger partial charge in [-0.1, -0.05) is 18.2 Å². The van der Waals surface area contributed by atoms with Crippen molar-refractivity contribution >= 4 is 11.6 Å². The zero-order chi connectivity index (χ0) is 15.4. The number of nitrogens with one attached hydrogen (secondary N) is 1. The molecule has 0 saturated heterocycles. The van der Waals surface area contributed by atoms with E-state index in [-0.39, 0.29) is 5.91 Å². The van der Waals surface area contributed by atoms with Crippen LogP contribution in [-0.2, 0) is 6.54 Å². The summed E-state index contributed by atoms with van der Waals surface area (Å²) in [5.41, 5.74) is 10.1. The minimum absolute atomic E-state index is 0.116. The average Bonchev–Trinajstić information content (AvgIpc) is 2.49. The van der Waals surface area contributed by atoms with Gasteiger partial charge in [0.15, 0.2) is 0 Å². The van der Waals surface area contributed by atoms with Crippen molar-refractivity contribution < 1.29 is 9.53 Å². The van der Waals surface area contributed by atoms with Gasteiger partial charge in [-0.25, -0.2) is 0 Å². The smallest absolute Gasteiger partial charge is 0.251 e. The van der Waals surface area contributed by atoms with Crippen molar-refractivity contribution in [1.82, 2.24) is 5.32 Å². The molecule has 0 saturated carbocycles. The highest BCUT2D eigenvalue weighted by Crippen LogP contribution is 2.18. The minimum Gasteiger partial charge on any atom is -0.497 e. The van der Waals surface area contributed by atoms with Gasteiger partial charge in [0.1, 0.15) is 5.75 Å². The lowest BCUT2D eigenvalue weighted by Crippen LogP contribution is -2.23. The first-order valence-corrected chi connectivity index (χ1v) is 6.79. The van der Waals surface area contributed by atoms with Gasteiger partial charge in [-0.3, -0.25) is 4.79 Å². The van der Waals surface area contributed by atoms with Crippen molar-refractivity contribution in [3.8, 4) is 5.75 Å². The van der Waals surface area contributed by atoms with Gasteiger partial charge in [0.2, 0.25) is 0 Å². The van der Waals surface area contributed by atoms with Gasteiger partial charge in [0.05, 0.1) is 7.11 Å². The molecule has 0 unspecified atom stereocenters. The summed E-state index contributed by atoms with van der Waals surface area (Å²) in [5.74, 6) is 0.683. The number of nitrogens with two attached hydrogens (primary N) is 1. The Hall–Kier alpha value is -2.49. The normalized spacial score (nSPS) is 10.2. The summed E-state index contributed by atoms with van der Waals surface area (Å²) < 4.78 is 5.10. The maximum atomic E-state index is 12.2. The minimum atomic E-state index is -0.116. The molecule has 2 aromatic rings. The van der Waals surface area contributed by atoms with E-state index < -0.39 is 0 Å². The number of anilines is 1. The largest absolute Gasteiger partial charge is 0.497 e. The van der Waals surface area contributed by atoms with Crippen LogP contribution in [0.5, 0.6) is 5.75 Å². The van der Waals surface area contributed by atoms with E-state index in [1.807, 2.05) is 44.2 Å². The van der Waals surface area contributed by atoms with Crippen molar-refractivity contribution in [2.75, 3.05) is 12.8 Å². The molecule has 0 aliphatic heterocycles. The Morgan fingerprint density at radius 1 is 1.14 bits per heavy atom.